The van der Waals surface area contributed by atoms with Crippen molar-refractivity contribution < 1.29 is 29.1 Å². The highest BCUT2D eigenvalue weighted by Crippen LogP contribution is 2.47. The summed E-state index contributed by atoms with van der Waals surface area (Å²) < 4.78 is 5.91. The molecule has 4 heterocycles. The second-order valence-electron chi connectivity index (χ2n) is 6.65. The Hall–Kier alpha value is -3.04. The molecule has 0 aliphatic carbocycles. The molecular weight excluding hydrogens is 468 g/mol. The van der Waals surface area contributed by atoms with Crippen molar-refractivity contribution in [3.05, 3.63) is 33.4 Å². The first kappa shape index (κ1) is 21.2. The topological polar surface area (TPSA) is 175 Å². The van der Waals surface area contributed by atoms with E-state index in [1.165, 1.54) is 17.1 Å². The van der Waals surface area contributed by atoms with Gasteiger partial charge in [0.15, 0.2) is 5.54 Å². The molecule has 2 amide bonds. The molecule has 15 heteroatoms. The van der Waals surface area contributed by atoms with Gasteiger partial charge in [-0.2, -0.15) is 4.73 Å². The quantitative estimate of drug-likeness (QED) is 0.244. The van der Waals surface area contributed by atoms with Gasteiger partial charge in [-0.1, -0.05) is 12.2 Å². The van der Waals surface area contributed by atoms with Gasteiger partial charge in [-0.05, 0) is 0 Å². The van der Waals surface area contributed by atoms with Crippen molar-refractivity contribution in [1.29, 1.82) is 5.41 Å². The number of thiazole rings is 1. The van der Waals surface area contributed by atoms with Crippen LogP contribution in [0, 0.1) is 12.3 Å². The molecule has 4 N–H and O–H groups in total. The minimum Gasteiger partial charge on any atom is -0.477 e. The first-order chi connectivity index (χ1) is 14.7. The molecule has 31 heavy (non-hydrogen) atoms. The number of hydrogen-bond donors (Lipinski definition) is 4. The summed E-state index contributed by atoms with van der Waals surface area (Å²) in [6.07, 6.45) is -0.296. The van der Waals surface area contributed by atoms with Crippen LogP contribution in [0.3, 0.4) is 0 Å². The largest absolute Gasteiger partial charge is 0.477 e. The van der Waals surface area contributed by atoms with Crippen LogP contribution in [-0.4, -0.2) is 70.0 Å². The van der Waals surface area contributed by atoms with Crippen molar-refractivity contribution in [3.8, 4) is 0 Å². The minimum atomic E-state index is -1.59. The van der Waals surface area contributed by atoms with E-state index in [1.807, 2.05) is 0 Å². The van der Waals surface area contributed by atoms with E-state index < -0.39 is 28.7 Å². The van der Waals surface area contributed by atoms with Gasteiger partial charge in [-0.15, -0.1) is 33.3 Å². The molecule has 1 fully saturated rings. The van der Waals surface area contributed by atoms with Gasteiger partial charge in [0, 0.05) is 23.4 Å². The molecule has 4 rings (SSSR count). The molecule has 2 atom stereocenters. The van der Waals surface area contributed by atoms with E-state index >= 15 is 0 Å². The van der Waals surface area contributed by atoms with Gasteiger partial charge < -0.3 is 20.0 Å². The molecule has 2 aromatic rings. The second-order valence-corrected chi connectivity index (χ2v) is 8.82. The zero-order valence-corrected chi connectivity index (χ0v) is 18.1. The normalized spacial score (nSPS) is 22.7. The number of aryl methyl sites for hydroxylation is 1. The molecule has 0 spiro atoms. The number of thioether (sulfide) groups is 1. The molecular formula is C16H14N6O6S3. The van der Waals surface area contributed by atoms with Gasteiger partial charge >= 0.3 is 5.97 Å². The highest BCUT2D eigenvalue weighted by Gasteiger charge is 2.64. The Bertz CT molecular complexity index is 1210. The van der Waals surface area contributed by atoms with Crippen molar-refractivity contribution in [2.75, 3.05) is 5.75 Å². The molecule has 0 aromatic carbocycles. The van der Waals surface area contributed by atoms with E-state index in [0.717, 1.165) is 21.6 Å². The summed E-state index contributed by atoms with van der Waals surface area (Å²) in [4.78, 5) is 38.5. The highest BCUT2D eigenvalue weighted by atomic mass is 32.2. The number of carbonyl (C=O) groups excluding carboxylic acids is 2. The average Bonchev–Trinajstić information content (AvgIpc) is 3.31. The average molecular weight is 483 g/mol. The maximum Gasteiger partial charge on any atom is 0.353 e. The summed E-state index contributed by atoms with van der Waals surface area (Å²) in [7, 11) is 0. The summed E-state index contributed by atoms with van der Waals surface area (Å²) >= 11 is 7.18. The number of thiocarbonyl (C=S) groups is 1. The number of rotatable bonds is 6. The Morgan fingerprint density at radius 1 is 1.52 bits per heavy atom. The number of β-lactam (4-membered cyclic amide) rings is 1. The fourth-order valence-electron chi connectivity index (χ4n) is 3.33. The summed E-state index contributed by atoms with van der Waals surface area (Å²) in [6, 6.07) is 0. The maximum atomic E-state index is 13.1. The lowest BCUT2D eigenvalue weighted by Crippen LogP contribution is -2.80. The van der Waals surface area contributed by atoms with Gasteiger partial charge in [-0.25, -0.2) is 4.79 Å². The van der Waals surface area contributed by atoms with Crippen LogP contribution in [-0.2, 0) is 20.8 Å². The van der Waals surface area contributed by atoms with E-state index in [1.54, 1.807) is 6.92 Å². The lowest BCUT2D eigenvalue weighted by atomic mass is 9.87. The number of carboxylic acid groups (broad SMARTS) is 1. The van der Waals surface area contributed by atoms with Crippen molar-refractivity contribution >= 4 is 64.0 Å². The van der Waals surface area contributed by atoms with Crippen LogP contribution in [0.5, 0.6) is 0 Å². The lowest BCUT2D eigenvalue weighted by Gasteiger charge is -2.55. The predicted molar refractivity (Wildman–Crippen MR) is 110 cm³/mol. The SMILES string of the molecule is Cc1nnc(C2=C(C(=O)O)N3C(=O)C(C=S)(NC(=O)Cc4csc(=N)n4O)[C@@H]3SC2)o1. The maximum absolute atomic E-state index is 13.1. The van der Waals surface area contributed by atoms with Crippen LogP contribution in [0.15, 0.2) is 15.5 Å². The van der Waals surface area contributed by atoms with Gasteiger partial charge in [0.1, 0.15) is 11.1 Å². The number of carbonyl (C=O) groups is 3. The highest BCUT2D eigenvalue weighted by molar-refractivity contribution is 8.00. The number of carboxylic acids is 1. The summed E-state index contributed by atoms with van der Waals surface area (Å²) in [6.45, 7) is 1.56. The first-order valence-corrected chi connectivity index (χ1v) is 11.0. The van der Waals surface area contributed by atoms with Crippen LogP contribution >= 0.6 is 35.3 Å². The summed E-state index contributed by atoms with van der Waals surface area (Å²) in [5, 5.41) is 38.9. The molecule has 162 valence electrons. The third kappa shape index (κ3) is 3.24. The number of hydrogen-bond acceptors (Lipinski definition) is 11. The predicted octanol–water partition coefficient (Wildman–Crippen LogP) is -0.234. The Morgan fingerprint density at radius 3 is 2.81 bits per heavy atom. The molecule has 1 unspecified atom stereocenters. The molecule has 2 aliphatic heterocycles. The van der Waals surface area contributed by atoms with Gasteiger partial charge in [0.05, 0.1) is 17.7 Å². The number of nitrogens with one attached hydrogen (secondary N) is 2. The lowest BCUT2D eigenvalue weighted by molar-refractivity contribution is -0.153. The number of amides is 2. The molecule has 0 bridgehead atoms. The van der Waals surface area contributed by atoms with Crippen molar-refractivity contribution in [2.45, 2.75) is 24.3 Å². The number of fused-ring (bicyclic) bond motifs is 1. The molecule has 2 aromatic heterocycles. The number of aliphatic carboxylic acids is 1. The third-order valence-electron chi connectivity index (χ3n) is 4.74. The van der Waals surface area contributed by atoms with Crippen molar-refractivity contribution in [1.82, 2.24) is 25.1 Å². The van der Waals surface area contributed by atoms with Crippen molar-refractivity contribution in [2.24, 2.45) is 0 Å². The molecule has 2 aliphatic rings. The monoisotopic (exact) mass is 482 g/mol. The molecule has 1 saturated heterocycles. The van der Waals surface area contributed by atoms with E-state index in [0.29, 0.717) is 4.73 Å². The number of aromatic nitrogens is 3. The van der Waals surface area contributed by atoms with E-state index in [-0.39, 0.29) is 45.7 Å². The third-order valence-corrected chi connectivity index (χ3v) is 7.25. The van der Waals surface area contributed by atoms with Crippen LogP contribution in [0.4, 0.5) is 0 Å². The Labute approximate surface area is 187 Å². The van der Waals surface area contributed by atoms with Crippen LogP contribution < -0.4 is 10.1 Å². The summed E-state index contributed by atoms with van der Waals surface area (Å²) in [5.41, 5.74) is -1.51. The Morgan fingerprint density at radius 2 is 2.26 bits per heavy atom. The van der Waals surface area contributed by atoms with Crippen molar-refractivity contribution in [3.63, 3.8) is 0 Å². The van der Waals surface area contributed by atoms with Crippen LogP contribution in [0.2, 0.25) is 0 Å². The van der Waals surface area contributed by atoms with Crippen LogP contribution in [0.25, 0.3) is 5.57 Å². The smallest absolute Gasteiger partial charge is 0.353 e. The van der Waals surface area contributed by atoms with Gasteiger partial charge in [-0.3, -0.25) is 19.9 Å². The van der Waals surface area contributed by atoms with Gasteiger partial charge in [0.25, 0.3) is 5.91 Å². The molecule has 0 radical (unpaired) electrons. The van der Waals surface area contributed by atoms with Crippen LogP contribution in [0.1, 0.15) is 17.5 Å². The zero-order chi connectivity index (χ0) is 22.5. The fraction of sp³-hybridized carbons (Fsp3) is 0.312. The Kier molecular flexibility index (Phi) is 5.18. The second kappa shape index (κ2) is 7.58. The van der Waals surface area contributed by atoms with Gasteiger partial charge in [0.2, 0.25) is 22.5 Å². The number of nitrogens with zero attached hydrogens (tertiary/aromatic N) is 4. The first-order valence-electron chi connectivity index (χ1n) is 8.62. The van der Waals surface area contributed by atoms with E-state index in [2.05, 4.69) is 15.5 Å². The van der Waals surface area contributed by atoms with E-state index in [4.69, 9.17) is 22.0 Å². The Balaban J connectivity index is 1.62. The minimum absolute atomic E-state index is 0.00805. The van der Waals surface area contributed by atoms with E-state index in [9.17, 15) is 24.7 Å². The zero-order valence-electron chi connectivity index (χ0n) is 15.7. The fourth-order valence-corrected chi connectivity index (χ4v) is 5.78. The molecule has 12 nitrogen and oxygen atoms in total. The molecule has 0 saturated carbocycles. The standard InChI is InChI=1S/C16H14N6O6S3/c1-6-19-20-11(28-6)8-4-30-14-16(5-29,13(26)21(14)10(8)12(24)25)18-9(23)2-7-3-31-15(17)22(7)27/h3,5,14,17,27H,2,4H2,1H3,(H,18,23)(H,24,25)/t14-,16?/m0/s1. The summed E-state index contributed by atoms with van der Waals surface area (Å²) in [5.74, 6) is -2.27.